The van der Waals surface area contributed by atoms with E-state index in [0.29, 0.717) is 0 Å². The maximum absolute atomic E-state index is 8.93. The van der Waals surface area contributed by atoms with Crippen LogP contribution in [0.15, 0.2) is 67.3 Å². The van der Waals surface area contributed by atoms with Crippen molar-refractivity contribution < 1.29 is 34.7 Å². The van der Waals surface area contributed by atoms with Gasteiger partial charge < -0.3 is 5.11 Å². The average molecular weight is 308 g/mol. The van der Waals surface area contributed by atoms with Crippen LogP contribution in [-0.2, 0) is 13.0 Å². The second kappa shape index (κ2) is 14.5. The molecule has 22 heavy (non-hydrogen) atoms. The number of benzene rings is 1. The summed E-state index contributed by atoms with van der Waals surface area (Å²) in [6.07, 6.45) is 8.30. The molecule has 0 aliphatic heterocycles. The first-order chi connectivity index (χ1) is 10.4. The minimum Gasteiger partial charge on any atom is -0.855 e. The minimum atomic E-state index is 0. The Bertz CT molecular complexity index is 509. The van der Waals surface area contributed by atoms with Crippen molar-refractivity contribution >= 4 is 0 Å². The molecule has 6 heteroatoms. The van der Waals surface area contributed by atoms with Gasteiger partial charge in [-0.1, -0.05) is 37.3 Å². The maximum atomic E-state index is 8.93. The van der Waals surface area contributed by atoms with Crippen molar-refractivity contribution in [2.45, 2.75) is 19.9 Å². The Hall–Kier alpha value is -1.40. The van der Waals surface area contributed by atoms with Crippen molar-refractivity contribution in [3.63, 3.8) is 0 Å². The molecule has 0 amide bonds. The van der Waals surface area contributed by atoms with Crippen molar-refractivity contribution in [3.05, 3.63) is 72.8 Å². The Labute approximate surface area is 153 Å². The van der Waals surface area contributed by atoms with Crippen LogP contribution in [0.4, 0.5) is 0 Å². The van der Waals surface area contributed by atoms with E-state index in [1.165, 1.54) is 5.56 Å². The summed E-state index contributed by atoms with van der Waals surface area (Å²) in [6, 6.07) is 14.2. The molecular formula is C16H21N4NaO. The first-order valence-corrected chi connectivity index (χ1v) is 6.90. The zero-order valence-electron chi connectivity index (χ0n) is 13.2. The van der Waals surface area contributed by atoms with Gasteiger partial charge in [0.1, 0.15) is 0 Å². The summed E-state index contributed by atoms with van der Waals surface area (Å²) in [6.45, 7) is 2.52. The Balaban J connectivity index is 0.000000411. The largest absolute Gasteiger partial charge is 1.00 e. The van der Waals surface area contributed by atoms with Crippen molar-refractivity contribution in [1.82, 2.24) is 20.0 Å². The number of aromatic amines is 1. The summed E-state index contributed by atoms with van der Waals surface area (Å²) in [5, 5.41) is 19.3. The molecule has 0 bridgehead atoms. The molecule has 3 aromatic rings. The number of rotatable bonds is 3. The third kappa shape index (κ3) is 10.3. The van der Waals surface area contributed by atoms with Crippen LogP contribution in [0.5, 0.6) is 0 Å². The number of aromatic nitrogens is 4. The molecular weight excluding hydrogens is 287 g/mol. The van der Waals surface area contributed by atoms with Gasteiger partial charge in [0.15, 0.2) is 0 Å². The van der Waals surface area contributed by atoms with E-state index in [9.17, 15) is 0 Å². The second-order valence-electron chi connectivity index (χ2n) is 4.06. The predicted octanol–water partition coefficient (Wildman–Crippen LogP) is -1.09. The molecule has 3 rings (SSSR count). The van der Waals surface area contributed by atoms with Gasteiger partial charge in [-0.2, -0.15) is 10.2 Å². The molecule has 2 aromatic heterocycles. The van der Waals surface area contributed by atoms with Gasteiger partial charge in [-0.3, -0.25) is 9.78 Å². The number of hydrogen-bond acceptors (Lipinski definition) is 3. The number of hydrogen-bond donors (Lipinski definition) is 1. The molecule has 0 fully saturated rings. The van der Waals surface area contributed by atoms with Crippen molar-refractivity contribution in [1.29, 1.82) is 0 Å². The monoisotopic (exact) mass is 308 g/mol. The summed E-state index contributed by atoms with van der Waals surface area (Å²) in [5.41, 5.74) is 1.36. The third-order valence-electron chi connectivity index (χ3n) is 2.44. The Morgan fingerprint density at radius 2 is 1.82 bits per heavy atom. The molecule has 112 valence electrons. The van der Waals surface area contributed by atoms with Gasteiger partial charge in [0.25, 0.3) is 0 Å². The van der Waals surface area contributed by atoms with Gasteiger partial charge in [-0.05, 0) is 24.1 Å². The fourth-order valence-electron chi connectivity index (χ4n) is 1.54. The van der Waals surface area contributed by atoms with Crippen molar-refractivity contribution in [3.8, 4) is 0 Å². The Kier molecular flexibility index (Phi) is 13.6. The van der Waals surface area contributed by atoms with Gasteiger partial charge in [-0.15, -0.1) is 6.61 Å². The Morgan fingerprint density at radius 3 is 2.27 bits per heavy atom. The summed E-state index contributed by atoms with van der Waals surface area (Å²) in [4.78, 5) is 0. The van der Waals surface area contributed by atoms with Crippen LogP contribution in [-0.4, -0.2) is 26.6 Å². The standard InChI is InChI=1S/C11H12N2.C3H4N2.C2H5O.Na/c1-2-5-11(6-3-1)7-10-13-9-4-8-12-13;1-2-4-5-3-1;1-2-3;/h1-6,8-9H,7,10H2;1-3H,(H,4,5);2H2,1H3;/q;;-1;+1. The van der Waals surface area contributed by atoms with E-state index in [0.717, 1.165) is 13.0 Å². The van der Waals surface area contributed by atoms with Crippen molar-refractivity contribution in [2.24, 2.45) is 0 Å². The van der Waals surface area contributed by atoms with Gasteiger partial charge >= 0.3 is 29.6 Å². The van der Waals surface area contributed by atoms with E-state index in [1.807, 2.05) is 35.3 Å². The first kappa shape index (κ1) is 20.6. The topological polar surface area (TPSA) is 69.6 Å². The van der Waals surface area contributed by atoms with Crippen LogP contribution >= 0.6 is 0 Å². The molecule has 0 saturated carbocycles. The summed E-state index contributed by atoms with van der Waals surface area (Å²) in [5.74, 6) is 0. The number of aryl methyl sites for hydroxylation is 2. The molecule has 5 nitrogen and oxygen atoms in total. The molecule has 0 aliphatic carbocycles. The molecule has 1 aromatic carbocycles. The fraction of sp³-hybridized carbons (Fsp3) is 0.250. The van der Waals surface area contributed by atoms with Gasteiger partial charge in [0, 0.05) is 31.3 Å². The van der Waals surface area contributed by atoms with Gasteiger partial charge in [-0.25, -0.2) is 0 Å². The molecule has 0 atom stereocenters. The number of H-pyrrole nitrogens is 1. The SMILES string of the molecule is CC[O-].[Na+].c1ccc(CCn2cccn2)cc1.c1cn[nH]c1. The predicted molar refractivity (Wildman–Crippen MR) is 81.5 cm³/mol. The van der Waals surface area contributed by atoms with E-state index >= 15 is 0 Å². The zero-order chi connectivity index (χ0) is 15.2. The van der Waals surface area contributed by atoms with Crippen LogP contribution < -0.4 is 34.7 Å². The van der Waals surface area contributed by atoms with Crippen LogP contribution in [0.1, 0.15) is 12.5 Å². The smallest absolute Gasteiger partial charge is 0.855 e. The van der Waals surface area contributed by atoms with Gasteiger partial charge in [0.05, 0.1) is 0 Å². The van der Waals surface area contributed by atoms with E-state index in [1.54, 1.807) is 19.3 Å². The molecule has 0 saturated heterocycles. The summed E-state index contributed by atoms with van der Waals surface area (Å²) >= 11 is 0. The third-order valence-corrected chi connectivity index (χ3v) is 2.44. The molecule has 1 N–H and O–H groups in total. The van der Waals surface area contributed by atoms with E-state index < -0.39 is 0 Å². The van der Waals surface area contributed by atoms with Crippen LogP contribution in [0, 0.1) is 0 Å². The van der Waals surface area contributed by atoms with Gasteiger partial charge in [0.2, 0.25) is 0 Å². The second-order valence-corrected chi connectivity index (χ2v) is 4.06. The van der Waals surface area contributed by atoms with E-state index in [4.69, 9.17) is 5.11 Å². The fourth-order valence-corrected chi connectivity index (χ4v) is 1.54. The number of nitrogens with one attached hydrogen (secondary N) is 1. The van der Waals surface area contributed by atoms with E-state index in [2.05, 4.69) is 39.6 Å². The first-order valence-electron chi connectivity index (χ1n) is 6.90. The zero-order valence-corrected chi connectivity index (χ0v) is 15.2. The van der Waals surface area contributed by atoms with E-state index in [-0.39, 0.29) is 36.2 Å². The summed E-state index contributed by atoms with van der Waals surface area (Å²) in [7, 11) is 0. The van der Waals surface area contributed by atoms with Crippen LogP contribution in [0.2, 0.25) is 0 Å². The molecule has 0 aliphatic rings. The summed E-state index contributed by atoms with van der Waals surface area (Å²) < 4.78 is 1.95. The molecule has 2 heterocycles. The minimum absolute atomic E-state index is 0. The maximum Gasteiger partial charge on any atom is 1.00 e. The Morgan fingerprint density at radius 1 is 1.09 bits per heavy atom. The molecule has 0 spiro atoms. The average Bonchev–Trinajstić information content (AvgIpc) is 3.23. The van der Waals surface area contributed by atoms with Crippen LogP contribution in [0.25, 0.3) is 0 Å². The molecule has 0 radical (unpaired) electrons. The normalized spacial score (nSPS) is 8.64. The number of nitrogens with zero attached hydrogens (tertiary/aromatic N) is 3. The van der Waals surface area contributed by atoms with Crippen LogP contribution in [0.3, 0.4) is 0 Å². The molecule has 0 unspecified atom stereocenters. The quantitative estimate of drug-likeness (QED) is 0.625. The van der Waals surface area contributed by atoms with Crippen molar-refractivity contribution in [2.75, 3.05) is 6.61 Å².